The standard InChI is InChI=1S/C11H15NO2/c1-8-3-2-4-9(7-8)5-6-10(12)11(13)14/h2-4,7,10H,5-6,12H2,1H3,(H,13,14). The molecule has 1 aromatic rings. The van der Waals surface area contributed by atoms with Crippen LogP contribution in [0.25, 0.3) is 0 Å². The Kier molecular flexibility index (Phi) is 3.65. The van der Waals surface area contributed by atoms with Gasteiger partial charge in [-0.3, -0.25) is 4.79 Å². The lowest BCUT2D eigenvalue weighted by atomic mass is 10.0. The third-order valence-electron chi connectivity index (χ3n) is 2.14. The molecule has 3 nitrogen and oxygen atoms in total. The number of aryl methyl sites for hydroxylation is 2. The van der Waals surface area contributed by atoms with Crippen LogP contribution in [0.1, 0.15) is 17.5 Å². The Morgan fingerprint density at radius 1 is 1.57 bits per heavy atom. The number of aliphatic carboxylic acids is 1. The Morgan fingerprint density at radius 3 is 2.86 bits per heavy atom. The number of carboxylic acids is 1. The number of nitrogens with two attached hydrogens (primary N) is 1. The van der Waals surface area contributed by atoms with Gasteiger partial charge in [-0.25, -0.2) is 0 Å². The maximum atomic E-state index is 10.5. The first-order chi connectivity index (χ1) is 6.59. The van der Waals surface area contributed by atoms with Crippen molar-refractivity contribution in [1.29, 1.82) is 0 Å². The summed E-state index contributed by atoms with van der Waals surface area (Å²) >= 11 is 0. The summed E-state index contributed by atoms with van der Waals surface area (Å²) in [5.41, 5.74) is 7.73. The van der Waals surface area contributed by atoms with Gasteiger partial charge in [0, 0.05) is 0 Å². The lowest BCUT2D eigenvalue weighted by Gasteiger charge is -2.06. The first kappa shape index (κ1) is 10.7. The van der Waals surface area contributed by atoms with Crippen molar-refractivity contribution in [3.63, 3.8) is 0 Å². The van der Waals surface area contributed by atoms with Crippen molar-refractivity contribution in [2.45, 2.75) is 25.8 Å². The molecule has 3 heteroatoms. The molecule has 0 heterocycles. The van der Waals surface area contributed by atoms with Crippen LogP contribution in [0.3, 0.4) is 0 Å². The summed E-state index contributed by atoms with van der Waals surface area (Å²) in [7, 11) is 0. The fourth-order valence-electron chi connectivity index (χ4n) is 1.31. The Morgan fingerprint density at radius 2 is 2.29 bits per heavy atom. The number of carboxylic acid groups (broad SMARTS) is 1. The molecular weight excluding hydrogens is 178 g/mol. The van der Waals surface area contributed by atoms with Gasteiger partial charge in [-0.2, -0.15) is 0 Å². The van der Waals surface area contributed by atoms with Gasteiger partial charge in [0.25, 0.3) is 0 Å². The predicted molar refractivity (Wildman–Crippen MR) is 55.1 cm³/mol. The van der Waals surface area contributed by atoms with Crippen LogP contribution in [0.5, 0.6) is 0 Å². The Hall–Kier alpha value is -1.35. The molecule has 1 atom stereocenters. The third kappa shape index (κ3) is 3.18. The van der Waals surface area contributed by atoms with Gasteiger partial charge in [-0.15, -0.1) is 0 Å². The fraction of sp³-hybridized carbons (Fsp3) is 0.364. The molecule has 1 rings (SSSR count). The largest absolute Gasteiger partial charge is 0.480 e. The summed E-state index contributed by atoms with van der Waals surface area (Å²) in [4.78, 5) is 10.5. The molecule has 3 N–H and O–H groups in total. The van der Waals surface area contributed by atoms with Crippen molar-refractivity contribution in [3.8, 4) is 0 Å². The molecule has 0 spiro atoms. The molecule has 0 saturated heterocycles. The van der Waals surface area contributed by atoms with Crippen molar-refractivity contribution >= 4 is 5.97 Å². The number of rotatable bonds is 4. The van der Waals surface area contributed by atoms with E-state index < -0.39 is 12.0 Å². The highest BCUT2D eigenvalue weighted by molar-refractivity contribution is 5.73. The molecule has 0 radical (unpaired) electrons. The quantitative estimate of drug-likeness (QED) is 0.758. The Labute approximate surface area is 83.6 Å². The van der Waals surface area contributed by atoms with E-state index in [1.165, 1.54) is 5.56 Å². The highest BCUT2D eigenvalue weighted by atomic mass is 16.4. The van der Waals surface area contributed by atoms with E-state index in [-0.39, 0.29) is 0 Å². The van der Waals surface area contributed by atoms with Crippen molar-refractivity contribution in [2.24, 2.45) is 5.73 Å². The van der Waals surface area contributed by atoms with Crippen LogP contribution in [-0.2, 0) is 11.2 Å². The molecule has 0 amide bonds. The molecule has 1 aromatic carbocycles. The highest BCUT2D eigenvalue weighted by Gasteiger charge is 2.10. The summed E-state index contributed by atoms with van der Waals surface area (Å²) in [6.45, 7) is 2.01. The van der Waals surface area contributed by atoms with Crippen LogP contribution in [0, 0.1) is 6.92 Å². The van der Waals surface area contributed by atoms with Crippen molar-refractivity contribution in [3.05, 3.63) is 35.4 Å². The maximum absolute atomic E-state index is 10.5. The summed E-state index contributed by atoms with van der Waals surface area (Å²) in [5.74, 6) is -0.933. The van der Waals surface area contributed by atoms with Gasteiger partial charge in [0.1, 0.15) is 6.04 Å². The average molecular weight is 193 g/mol. The van der Waals surface area contributed by atoms with E-state index in [9.17, 15) is 4.79 Å². The van der Waals surface area contributed by atoms with Crippen LogP contribution in [0.2, 0.25) is 0 Å². The van der Waals surface area contributed by atoms with Gasteiger partial charge < -0.3 is 10.8 Å². The smallest absolute Gasteiger partial charge is 0.320 e. The first-order valence-electron chi connectivity index (χ1n) is 4.63. The van der Waals surface area contributed by atoms with Gasteiger partial charge in [0.15, 0.2) is 0 Å². The lowest BCUT2D eigenvalue weighted by molar-refractivity contribution is -0.138. The molecule has 0 aliphatic heterocycles. The van der Waals surface area contributed by atoms with E-state index >= 15 is 0 Å². The molecule has 0 saturated carbocycles. The minimum Gasteiger partial charge on any atom is -0.480 e. The van der Waals surface area contributed by atoms with Gasteiger partial charge in [0.2, 0.25) is 0 Å². The van der Waals surface area contributed by atoms with E-state index in [4.69, 9.17) is 10.8 Å². The highest BCUT2D eigenvalue weighted by Crippen LogP contribution is 2.07. The second-order valence-corrected chi connectivity index (χ2v) is 3.47. The first-order valence-corrected chi connectivity index (χ1v) is 4.63. The van der Waals surface area contributed by atoms with E-state index in [1.54, 1.807) is 0 Å². The number of carbonyl (C=O) groups is 1. The summed E-state index contributed by atoms with van der Waals surface area (Å²) in [6, 6.07) is 7.27. The van der Waals surface area contributed by atoms with E-state index in [0.717, 1.165) is 12.0 Å². The number of hydrogen-bond acceptors (Lipinski definition) is 2. The Balaban J connectivity index is 2.49. The molecule has 0 bridgehead atoms. The molecule has 0 aromatic heterocycles. The van der Waals surface area contributed by atoms with Crippen LogP contribution in [0.4, 0.5) is 0 Å². The molecular formula is C11H15NO2. The minimum atomic E-state index is -0.933. The normalized spacial score (nSPS) is 12.4. The number of hydrogen-bond donors (Lipinski definition) is 2. The zero-order valence-electron chi connectivity index (χ0n) is 8.23. The number of benzene rings is 1. The summed E-state index contributed by atoms with van der Waals surface area (Å²) in [5, 5.41) is 8.59. The molecule has 0 aliphatic carbocycles. The average Bonchev–Trinajstić information content (AvgIpc) is 2.14. The van der Waals surface area contributed by atoms with Crippen molar-refractivity contribution < 1.29 is 9.90 Å². The lowest BCUT2D eigenvalue weighted by Crippen LogP contribution is -2.30. The van der Waals surface area contributed by atoms with Crippen molar-refractivity contribution in [1.82, 2.24) is 0 Å². The van der Waals surface area contributed by atoms with Gasteiger partial charge in [0.05, 0.1) is 0 Å². The predicted octanol–water partition coefficient (Wildman–Crippen LogP) is 1.34. The third-order valence-corrected chi connectivity index (χ3v) is 2.14. The van der Waals surface area contributed by atoms with Gasteiger partial charge >= 0.3 is 5.97 Å². The molecule has 14 heavy (non-hydrogen) atoms. The van der Waals surface area contributed by atoms with E-state index in [1.807, 2.05) is 25.1 Å². The molecule has 0 aliphatic rings. The second kappa shape index (κ2) is 4.77. The second-order valence-electron chi connectivity index (χ2n) is 3.47. The van der Waals surface area contributed by atoms with Crippen molar-refractivity contribution in [2.75, 3.05) is 0 Å². The molecule has 0 fully saturated rings. The van der Waals surface area contributed by atoms with Crippen LogP contribution < -0.4 is 5.73 Å². The van der Waals surface area contributed by atoms with E-state index in [0.29, 0.717) is 6.42 Å². The SMILES string of the molecule is Cc1cccc(CCC(N)C(=O)O)c1. The van der Waals surface area contributed by atoms with Crippen LogP contribution in [-0.4, -0.2) is 17.1 Å². The molecule has 76 valence electrons. The van der Waals surface area contributed by atoms with E-state index in [2.05, 4.69) is 6.07 Å². The maximum Gasteiger partial charge on any atom is 0.320 e. The zero-order chi connectivity index (χ0) is 10.6. The van der Waals surface area contributed by atoms with Gasteiger partial charge in [-0.05, 0) is 25.3 Å². The topological polar surface area (TPSA) is 63.3 Å². The zero-order valence-corrected chi connectivity index (χ0v) is 8.23. The summed E-state index contributed by atoms with van der Waals surface area (Å²) in [6.07, 6.45) is 1.20. The summed E-state index contributed by atoms with van der Waals surface area (Å²) < 4.78 is 0. The minimum absolute atomic E-state index is 0.485. The Bertz CT molecular complexity index is 323. The monoisotopic (exact) mass is 193 g/mol. The van der Waals surface area contributed by atoms with Crippen LogP contribution >= 0.6 is 0 Å². The van der Waals surface area contributed by atoms with Crippen LogP contribution in [0.15, 0.2) is 24.3 Å². The fourth-order valence-corrected chi connectivity index (χ4v) is 1.31. The van der Waals surface area contributed by atoms with Gasteiger partial charge in [-0.1, -0.05) is 29.8 Å². The molecule has 1 unspecified atom stereocenters.